The molecule has 0 aliphatic carbocycles. The molecule has 0 fully saturated rings. The summed E-state index contributed by atoms with van der Waals surface area (Å²) in [4.78, 5) is 34.1. The molecule has 2 aromatic carbocycles. The van der Waals surface area contributed by atoms with Gasteiger partial charge >= 0.3 is 5.97 Å². The first-order valence-corrected chi connectivity index (χ1v) is 10.2. The molecule has 1 amide bonds. The number of amides is 1. The third-order valence-corrected chi connectivity index (χ3v) is 4.92. The number of rotatable bonds is 8. The van der Waals surface area contributed by atoms with Gasteiger partial charge < -0.3 is 15.3 Å². The highest BCUT2D eigenvalue weighted by molar-refractivity contribution is 6.01. The number of hydrogen-bond donors (Lipinski definition) is 2. The summed E-state index contributed by atoms with van der Waals surface area (Å²) in [5.41, 5.74) is 3.20. The fourth-order valence-corrected chi connectivity index (χ4v) is 3.22. The molecule has 1 aromatic heterocycles. The van der Waals surface area contributed by atoms with Crippen LogP contribution in [0, 0.1) is 0 Å². The lowest BCUT2D eigenvalue weighted by Gasteiger charge is -2.18. The van der Waals surface area contributed by atoms with Crippen molar-refractivity contribution in [3.8, 4) is 0 Å². The first-order valence-electron chi connectivity index (χ1n) is 10.2. The zero-order valence-electron chi connectivity index (χ0n) is 18.3. The molecule has 1 unspecified atom stereocenters. The molecule has 2 N–H and O–H groups in total. The zero-order chi connectivity index (χ0) is 23.1. The van der Waals surface area contributed by atoms with Gasteiger partial charge in [0, 0.05) is 43.5 Å². The summed E-state index contributed by atoms with van der Waals surface area (Å²) in [6.45, 7) is 1.99. The van der Waals surface area contributed by atoms with Gasteiger partial charge in [0.1, 0.15) is 11.6 Å². The van der Waals surface area contributed by atoms with Crippen LogP contribution in [-0.4, -0.2) is 41.0 Å². The normalized spacial score (nSPS) is 11.8. The monoisotopic (exact) mass is 430 g/mol. The van der Waals surface area contributed by atoms with Crippen molar-refractivity contribution in [1.82, 2.24) is 9.97 Å². The number of carbonyl (C=O) groups is 2. The Labute approximate surface area is 187 Å². The van der Waals surface area contributed by atoms with Crippen molar-refractivity contribution in [2.24, 2.45) is 0 Å². The van der Waals surface area contributed by atoms with Crippen LogP contribution < -0.4 is 10.2 Å². The summed E-state index contributed by atoms with van der Waals surface area (Å²) in [5.74, 6) is -0.0320. The maximum atomic E-state index is 12.2. The minimum Gasteiger partial charge on any atom is -0.481 e. The second-order valence-electron chi connectivity index (χ2n) is 7.62. The number of carbonyl (C=O) groups excluding carboxylic acids is 1. The number of benzene rings is 2. The van der Waals surface area contributed by atoms with E-state index in [1.165, 1.54) is 6.08 Å². The van der Waals surface area contributed by atoms with Gasteiger partial charge in [0.25, 0.3) is 0 Å². The number of nitrogens with one attached hydrogen (secondary N) is 1. The molecule has 164 valence electrons. The van der Waals surface area contributed by atoms with Crippen LogP contribution in [0.25, 0.3) is 6.08 Å². The summed E-state index contributed by atoms with van der Waals surface area (Å²) in [7, 11) is 3.65. The number of aromatic nitrogens is 2. The smallest absolute Gasteiger partial charge is 0.308 e. The summed E-state index contributed by atoms with van der Waals surface area (Å²) >= 11 is 0. The van der Waals surface area contributed by atoms with Crippen molar-refractivity contribution >= 4 is 29.5 Å². The van der Waals surface area contributed by atoms with E-state index in [9.17, 15) is 9.59 Å². The Morgan fingerprint density at radius 2 is 1.78 bits per heavy atom. The van der Waals surface area contributed by atoms with Crippen molar-refractivity contribution in [1.29, 1.82) is 0 Å². The van der Waals surface area contributed by atoms with Crippen LogP contribution in [-0.2, 0) is 16.0 Å². The second kappa shape index (κ2) is 10.3. The molecule has 0 spiro atoms. The fraction of sp³-hybridized carbons (Fsp3) is 0.200. The van der Waals surface area contributed by atoms with Gasteiger partial charge in [-0.3, -0.25) is 9.59 Å². The molecule has 0 aliphatic rings. The molecule has 7 heteroatoms. The fourth-order valence-electron chi connectivity index (χ4n) is 3.22. The Bertz CT molecular complexity index is 1110. The molecule has 0 saturated carbocycles. The Morgan fingerprint density at radius 3 is 2.41 bits per heavy atom. The van der Waals surface area contributed by atoms with Gasteiger partial charge in [-0.15, -0.1) is 0 Å². The van der Waals surface area contributed by atoms with E-state index in [2.05, 4.69) is 15.3 Å². The number of carboxylic acids is 1. The average Bonchev–Trinajstić information content (AvgIpc) is 2.78. The molecular formula is C25H26N4O3. The molecule has 0 saturated heterocycles. The maximum absolute atomic E-state index is 12.2. The van der Waals surface area contributed by atoms with Gasteiger partial charge in [-0.2, -0.15) is 0 Å². The number of hydrogen-bond acceptors (Lipinski definition) is 5. The highest BCUT2D eigenvalue weighted by Gasteiger charge is 2.17. The zero-order valence-corrected chi connectivity index (χ0v) is 18.3. The maximum Gasteiger partial charge on any atom is 0.308 e. The summed E-state index contributed by atoms with van der Waals surface area (Å²) in [5, 5.41) is 12.0. The number of carboxylic acid groups (broad SMARTS) is 1. The molecule has 1 heterocycles. The molecule has 3 rings (SSSR count). The Hall–Kier alpha value is -4.00. The van der Waals surface area contributed by atoms with Gasteiger partial charge in [-0.1, -0.05) is 49.4 Å². The summed E-state index contributed by atoms with van der Waals surface area (Å²) < 4.78 is 0. The minimum atomic E-state index is -0.922. The van der Waals surface area contributed by atoms with Crippen LogP contribution in [0.15, 0.2) is 66.9 Å². The van der Waals surface area contributed by atoms with Crippen molar-refractivity contribution in [3.05, 3.63) is 89.4 Å². The molecule has 3 aromatic rings. The highest BCUT2D eigenvalue weighted by Crippen LogP contribution is 2.25. The van der Waals surface area contributed by atoms with Crippen LogP contribution in [0.4, 0.5) is 11.5 Å². The van der Waals surface area contributed by atoms with E-state index in [-0.39, 0.29) is 18.2 Å². The predicted octanol–water partition coefficient (Wildman–Crippen LogP) is 3.97. The predicted molar refractivity (Wildman–Crippen MR) is 126 cm³/mol. The lowest BCUT2D eigenvalue weighted by molar-refractivity contribution is -0.136. The highest BCUT2D eigenvalue weighted by atomic mass is 16.4. The van der Waals surface area contributed by atoms with Crippen LogP contribution in [0.1, 0.15) is 35.4 Å². The van der Waals surface area contributed by atoms with Gasteiger partial charge in [-0.25, -0.2) is 9.97 Å². The third-order valence-electron chi connectivity index (χ3n) is 4.92. The molecule has 1 atom stereocenters. The molecule has 7 nitrogen and oxygen atoms in total. The van der Waals surface area contributed by atoms with Gasteiger partial charge in [0.05, 0.1) is 6.42 Å². The molecule has 32 heavy (non-hydrogen) atoms. The Kier molecular flexibility index (Phi) is 7.33. The standard InChI is InChI=1S/C25H26N4O3/c1-17(24-26-16-20(15-23(31)32)25(28-24)29(2)3)19-10-12-21(13-11-19)27-22(30)14-9-18-7-5-4-6-8-18/h4-14,16-17H,15H2,1-3H3,(H,27,30)(H,31,32). The van der Waals surface area contributed by atoms with Gasteiger partial charge in [0.2, 0.25) is 5.91 Å². The van der Waals surface area contributed by atoms with Gasteiger partial charge in [0.15, 0.2) is 0 Å². The average molecular weight is 431 g/mol. The second-order valence-corrected chi connectivity index (χ2v) is 7.62. The van der Waals surface area contributed by atoms with Crippen molar-refractivity contribution in [2.45, 2.75) is 19.3 Å². The van der Waals surface area contributed by atoms with Crippen LogP contribution in [0.5, 0.6) is 0 Å². The number of anilines is 2. The molecule has 0 bridgehead atoms. The largest absolute Gasteiger partial charge is 0.481 e. The van der Waals surface area contributed by atoms with E-state index >= 15 is 0 Å². The van der Waals surface area contributed by atoms with Crippen molar-refractivity contribution < 1.29 is 14.7 Å². The van der Waals surface area contributed by atoms with E-state index in [1.807, 2.05) is 75.6 Å². The summed E-state index contributed by atoms with van der Waals surface area (Å²) in [6.07, 6.45) is 4.71. The van der Waals surface area contributed by atoms with E-state index in [0.29, 0.717) is 22.9 Å². The van der Waals surface area contributed by atoms with E-state index in [4.69, 9.17) is 5.11 Å². The Morgan fingerprint density at radius 1 is 1.09 bits per heavy atom. The lowest BCUT2D eigenvalue weighted by Crippen LogP contribution is -2.17. The molecule has 0 aliphatic heterocycles. The quantitative estimate of drug-likeness (QED) is 0.525. The van der Waals surface area contributed by atoms with Crippen LogP contribution in [0.2, 0.25) is 0 Å². The van der Waals surface area contributed by atoms with Gasteiger partial charge in [-0.05, 0) is 29.3 Å². The van der Waals surface area contributed by atoms with Crippen molar-refractivity contribution in [3.63, 3.8) is 0 Å². The van der Waals surface area contributed by atoms with Crippen molar-refractivity contribution in [2.75, 3.05) is 24.3 Å². The molecule has 0 radical (unpaired) electrons. The SMILES string of the molecule is CC(c1ccc(NC(=O)C=Cc2ccccc2)cc1)c1ncc(CC(=O)O)c(N(C)C)n1. The number of aliphatic carboxylic acids is 1. The van der Waals surface area contributed by atoms with E-state index in [1.54, 1.807) is 17.2 Å². The minimum absolute atomic E-state index is 0.102. The number of nitrogens with zero attached hydrogens (tertiary/aromatic N) is 3. The van der Waals surface area contributed by atoms with Crippen LogP contribution in [0.3, 0.4) is 0 Å². The Balaban J connectivity index is 1.70. The third kappa shape index (κ3) is 6.01. The summed E-state index contributed by atoms with van der Waals surface area (Å²) in [6, 6.07) is 17.1. The van der Waals surface area contributed by atoms with E-state index in [0.717, 1.165) is 11.1 Å². The van der Waals surface area contributed by atoms with Crippen LogP contribution >= 0.6 is 0 Å². The van der Waals surface area contributed by atoms with E-state index < -0.39 is 5.97 Å². The lowest BCUT2D eigenvalue weighted by atomic mass is 10.00. The molecular weight excluding hydrogens is 404 g/mol. The topological polar surface area (TPSA) is 95.4 Å². The first-order chi connectivity index (χ1) is 15.3. The first kappa shape index (κ1) is 22.7.